The first-order valence-electron chi connectivity index (χ1n) is 14.2. The fourth-order valence-electron chi connectivity index (χ4n) is 4.82. The van der Waals surface area contributed by atoms with Crippen LogP contribution in [0.2, 0.25) is 0 Å². The number of carbonyl (C=O) groups is 2. The van der Waals surface area contributed by atoms with E-state index in [9.17, 15) is 35.1 Å². The van der Waals surface area contributed by atoms with Crippen LogP contribution in [0.3, 0.4) is 0 Å². The molecule has 37 heavy (non-hydrogen) atoms. The number of aliphatic hydroxyl groups is 5. The molecule has 1 saturated heterocycles. The number of aliphatic carboxylic acids is 1. The Kier molecular flexibility index (Phi) is 17.2. The second kappa shape index (κ2) is 18.9. The Morgan fingerprint density at radius 3 is 1.78 bits per heavy atom. The van der Waals surface area contributed by atoms with Crippen molar-refractivity contribution < 1.29 is 45.0 Å². The summed E-state index contributed by atoms with van der Waals surface area (Å²) in [4.78, 5) is 23.8. The van der Waals surface area contributed by atoms with E-state index in [4.69, 9.17) is 9.84 Å². The number of rotatable bonds is 21. The molecule has 0 aromatic heterocycles. The van der Waals surface area contributed by atoms with Crippen molar-refractivity contribution in [1.29, 1.82) is 0 Å². The number of amides is 1. The predicted molar refractivity (Wildman–Crippen MR) is 139 cm³/mol. The van der Waals surface area contributed by atoms with Crippen molar-refractivity contribution in [3.05, 3.63) is 0 Å². The van der Waals surface area contributed by atoms with Crippen LogP contribution in [-0.2, 0) is 14.3 Å². The summed E-state index contributed by atoms with van der Waals surface area (Å²) in [5, 5.41) is 61.5. The zero-order chi connectivity index (χ0) is 27.7. The molecule has 1 aliphatic heterocycles. The van der Waals surface area contributed by atoms with Crippen molar-refractivity contribution in [2.45, 2.75) is 152 Å². The molecule has 7 N–H and O–H groups in total. The molecule has 0 unspecified atom stereocenters. The molecule has 1 amide bonds. The standard InChI is InChI=1S/C27H51NO9/c1-2-3-4-5-6-7-8-9-10-11-12-13-14-15-16-17-22(32)28-23-20(30)18-27(36,26(34)35)37-25(23)24(33)21(31)19-29/h20-21,23-25,29-31,33,36H,2-19H2,1H3,(H,28,32)(H,34,35)/t20-,21+,23+,24+,25+,27-/m0/s1. The third-order valence-corrected chi connectivity index (χ3v) is 7.17. The lowest BCUT2D eigenvalue weighted by Crippen LogP contribution is -2.67. The highest BCUT2D eigenvalue weighted by Crippen LogP contribution is 2.30. The largest absolute Gasteiger partial charge is 0.477 e. The van der Waals surface area contributed by atoms with E-state index in [-0.39, 0.29) is 6.42 Å². The van der Waals surface area contributed by atoms with Crippen LogP contribution in [0.1, 0.15) is 116 Å². The van der Waals surface area contributed by atoms with Gasteiger partial charge in [-0.2, -0.15) is 0 Å². The molecule has 1 aliphatic rings. The van der Waals surface area contributed by atoms with E-state index >= 15 is 0 Å². The van der Waals surface area contributed by atoms with Gasteiger partial charge in [-0.3, -0.25) is 4.79 Å². The second-order valence-corrected chi connectivity index (χ2v) is 10.5. The fraction of sp³-hybridized carbons (Fsp3) is 0.926. The number of hydrogen-bond donors (Lipinski definition) is 7. The third-order valence-electron chi connectivity index (χ3n) is 7.17. The molecular weight excluding hydrogens is 482 g/mol. The Morgan fingerprint density at radius 2 is 1.35 bits per heavy atom. The van der Waals surface area contributed by atoms with Crippen molar-refractivity contribution in [3.63, 3.8) is 0 Å². The van der Waals surface area contributed by atoms with Crippen molar-refractivity contribution in [2.75, 3.05) is 6.61 Å². The molecule has 6 atom stereocenters. The SMILES string of the molecule is CCCCCCCCCCCCCCCCCC(=O)N[C@H]1[C@H]([C@H](O)[C@H](O)CO)O[C@](O)(C(=O)O)C[C@@H]1O. The molecule has 218 valence electrons. The van der Waals surface area contributed by atoms with E-state index in [2.05, 4.69) is 12.2 Å². The van der Waals surface area contributed by atoms with Gasteiger partial charge in [0.25, 0.3) is 5.79 Å². The monoisotopic (exact) mass is 533 g/mol. The molecule has 1 heterocycles. The average molecular weight is 534 g/mol. The molecule has 0 aromatic rings. The summed E-state index contributed by atoms with van der Waals surface area (Å²) in [5.74, 6) is -4.99. The van der Waals surface area contributed by atoms with Crippen LogP contribution >= 0.6 is 0 Å². The van der Waals surface area contributed by atoms with Crippen molar-refractivity contribution >= 4 is 11.9 Å². The number of nitrogens with one attached hydrogen (secondary N) is 1. The summed E-state index contributed by atoms with van der Waals surface area (Å²) in [6, 6.07) is -1.26. The van der Waals surface area contributed by atoms with Crippen LogP contribution in [0, 0.1) is 0 Å². The second-order valence-electron chi connectivity index (χ2n) is 10.5. The maximum Gasteiger partial charge on any atom is 0.364 e. The summed E-state index contributed by atoms with van der Waals surface area (Å²) in [6.45, 7) is 1.38. The van der Waals surface area contributed by atoms with Gasteiger partial charge in [0.15, 0.2) is 0 Å². The van der Waals surface area contributed by atoms with Crippen LogP contribution in [0.15, 0.2) is 0 Å². The van der Waals surface area contributed by atoms with Gasteiger partial charge >= 0.3 is 5.97 Å². The Morgan fingerprint density at radius 1 is 0.892 bits per heavy atom. The average Bonchev–Trinajstić information content (AvgIpc) is 2.86. The predicted octanol–water partition coefficient (Wildman–Crippen LogP) is 2.37. The van der Waals surface area contributed by atoms with E-state index in [1.807, 2.05) is 0 Å². The molecule has 1 rings (SSSR count). The number of unbranched alkanes of at least 4 members (excludes halogenated alkanes) is 14. The summed E-state index contributed by atoms with van der Waals surface area (Å²) < 4.78 is 5.10. The number of carboxylic acids is 1. The summed E-state index contributed by atoms with van der Waals surface area (Å²) in [5.41, 5.74) is 0. The first kappa shape index (κ1) is 33.7. The minimum absolute atomic E-state index is 0.177. The van der Waals surface area contributed by atoms with Crippen LogP contribution < -0.4 is 5.32 Å². The molecule has 0 saturated carbocycles. The highest BCUT2D eigenvalue weighted by molar-refractivity contribution is 5.77. The van der Waals surface area contributed by atoms with Gasteiger partial charge in [-0.05, 0) is 6.42 Å². The topological polar surface area (TPSA) is 177 Å². The zero-order valence-corrected chi connectivity index (χ0v) is 22.5. The van der Waals surface area contributed by atoms with E-state index < -0.39 is 61.1 Å². The first-order valence-corrected chi connectivity index (χ1v) is 14.2. The van der Waals surface area contributed by atoms with Gasteiger partial charge in [0, 0.05) is 12.8 Å². The van der Waals surface area contributed by atoms with Crippen LogP contribution in [0.5, 0.6) is 0 Å². The van der Waals surface area contributed by atoms with E-state index in [0.29, 0.717) is 6.42 Å². The van der Waals surface area contributed by atoms with Crippen molar-refractivity contribution in [1.82, 2.24) is 5.32 Å². The van der Waals surface area contributed by atoms with Crippen LogP contribution in [-0.4, -0.2) is 85.4 Å². The maximum absolute atomic E-state index is 12.4. The molecule has 0 aliphatic carbocycles. The lowest BCUT2D eigenvalue weighted by Gasteiger charge is -2.44. The van der Waals surface area contributed by atoms with Gasteiger partial charge in [-0.15, -0.1) is 0 Å². The summed E-state index contributed by atoms with van der Waals surface area (Å²) >= 11 is 0. The lowest BCUT2D eigenvalue weighted by molar-refractivity contribution is -0.295. The highest BCUT2D eigenvalue weighted by atomic mass is 16.7. The molecule has 0 aromatic carbocycles. The van der Waals surface area contributed by atoms with E-state index in [0.717, 1.165) is 19.3 Å². The number of aliphatic hydroxyl groups excluding tert-OH is 4. The third kappa shape index (κ3) is 12.9. The zero-order valence-electron chi connectivity index (χ0n) is 22.5. The van der Waals surface area contributed by atoms with E-state index in [1.54, 1.807) is 0 Å². The molecule has 10 heteroatoms. The Balaban J connectivity index is 2.26. The van der Waals surface area contributed by atoms with E-state index in [1.165, 1.54) is 70.6 Å². The molecule has 1 fully saturated rings. The quantitative estimate of drug-likeness (QED) is 0.109. The summed E-state index contributed by atoms with van der Waals surface area (Å²) in [7, 11) is 0. The van der Waals surface area contributed by atoms with Crippen molar-refractivity contribution in [3.8, 4) is 0 Å². The van der Waals surface area contributed by atoms with Gasteiger partial charge in [-0.25, -0.2) is 4.79 Å². The fourth-order valence-corrected chi connectivity index (χ4v) is 4.82. The Labute approximate surface area is 221 Å². The number of carbonyl (C=O) groups excluding carboxylic acids is 1. The van der Waals surface area contributed by atoms with Gasteiger partial charge in [0.05, 0.1) is 18.8 Å². The number of carboxylic acid groups (broad SMARTS) is 1. The van der Waals surface area contributed by atoms with Gasteiger partial charge in [0.1, 0.15) is 18.3 Å². The van der Waals surface area contributed by atoms with Crippen LogP contribution in [0.25, 0.3) is 0 Å². The number of ether oxygens (including phenoxy) is 1. The van der Waals surface area contributed by atoms with Crippen molar-refractivity contribution in [2.24, 2.45) is 0 Å². The van der Waals surface area contributed by atoms with Gasteiger partial charge in [0.2, 0.25) is 5.91 Å². The molecule has 0 bridgehead atoms. The lowest BCUT2D eigenvalue weighted by atomic mass is 9.88. The molecule has 0 spiro atoms. The maximum atomic E-state index is 12.4. The highest BCUT2D eigenvalue weighted by Gasteiger charge is 2.53. The van der Waals surface area contributed by atoms with Gasteiger partial charge in [-0.1, -0.05) is 96.8 Å². The first-order chi connectivity index (χ1) is 17.7. The normalized spacial score (nSPS) is 25.5. The smallest absolute Gasteiger partial charge is 0.364 e. The Bertz CT molecular complexity index is 635. The minimum atomic E-state index is -2.80. The summed E-state index contributed by atoms with van der Waals surface area (Å²) in [6.07, 6.45) is 10.8. The van der Waals surface area contributed by atoms with Crippen LogP contribution in [0.4, 0.5) is 0 Å². The molecule has 0 radical (unpaired) electrons. The Hall–Kier alpha value is -1.30. The minimum Gasteiger partial charge on any atom is -0.477 e. The van der Waals surface area contributed by atoms with Gasteiger partial charge < -0.3 is 40.7 Å². The molecular formula is C27H51NO9. The number of hydrogen-bond acceptors (Lipinski definition) is 8. The molecule has 10 nitrogen and oxygen atoms in total.